The number of hydrogen-bond acceptors (Lipinski definition) is 4. The Labute approximate surface area is 136 Å². The summed E-state index contributed by atoms with van der Waals surface area (Å²) in [6.07, 6.45) is 4.53. The van der Waals surface area contributed by atoms with Crippen molar-refractivity contribution in [2.75, 3.05) is 18.4 Å². The number of aryl methyl sites for hydroxylation is 2. The molecule has 0 radical (unpaired) electrons. The molecule has 1 saturated heterocycles. The molecule has 1 aromatic rings. The van der Waals surface area contributed by atoms with E-state index >= 15 is 0 Å². The summed E-state index contributed by atoms with van der Waals surface area (Å²) >= 11 is 0. The summed E-state index contributed by atoms with van der Waals surface area (Å²) in [5.41, 5.74) is 0.919. The van der Waals surface area contributed by atoms with E-state index in [0.717, 1.165) is 44.3 Å². The van der Waals surface area contributed by atoms with Crippen LogP contribution in [-0.4, -0.2) is 39.8 Å². The van der Waals surface area contributed by atoms with E-state index in [9.17, 15) is 9.59 Å². The minimum atomic E-state index is -0.146. The number of carbonyl (C=O) groups is 2. The summed E-state index contributed by atoms with van der Waals surface area (Å²) in [6, 6.07) is 1.82. The van der Waals surface area contributed by atoms with Crippen LogP contribution in [0.3, 0.4) is 0 Å². The quantitative estimate of drug-likeness (QED) is 0.921. The molecule has 1 saturated carbocycles. The average Bonchev–Trinajstić information content (AvgIpc) is 3.38. The van der Waals surface area contributed by atoms with Crippen molar-refractivity contribution in [3.05, 3.63) is 17.6 Å². The number of piperidine rings is 1. The molecule has 23 heavy (non-hydrogen) atoms. The molecule has 3 rings (SSSR count). The van der Waals surface area contributed by atoms with Gasteiger partial charge >= 0.3 is 0 Å². The van der Waals surface area contributed by atoms with Crippen molar-refractivity contribution in [2.45, 2.75) is 46.0 Å². The fraction of sp³-hybridized carbons (Fsp3) is 0.647. The predicted molar refractivity (Wildman–Crippen MR) is 86.8 cm³/mol. The highest BCUT2D eigenvalue weighted by atomic mass is 16.2. The molecule has 2 amide bonds. The number of anilines is 1. The van der Waals surface area contributed by atoms with Crippen molar-refractivity contribution in [1.82, 2.24) is 14.9 Å². The number of aromatic nitrogens is 2. The third-order valence-corrected chi connectivity index (χ3v) is 4.53. The smallest absolute Gasteiger partial charge is 0.230 e. The van der Waals surface area contributed by atoms with Gasteiger partial charge in [0.05, 0.1) is 5.92 Å². The van der Waals surface area contributed by atoms with Gasteiger partial charge in [0.15, 0.2) is 0 Å². The van der Waals surface area contributed by atoms with Crippen LogP contribution in [0.2, 0.25) is 0 Å². The first-order chi connectivity index (χ1) is 11.1. The van der Waals surface area contributed by atoms with E-state index in [1.807, 2.05) is 24.8 Å². The first kappa shape index (κ1) is 15.9. The Morgan fingerprint density at radius 2 is 2.04 bits per heavy atom. The van der Waals surface area contributed by atoms with Crippen molar-refractivity contribution >= 4 is 17.6 Å². The monoisotopic (exact) mass is 316 g/mol. The highest BCUT2D eigenvalue weighted by Gasteiger charge is 2.36. The number of nitrogens with one attached hydrogen (secondary N) is 1. The zero-order valence-corrected chi connectivity index (χ0v) is 13.8. The van der Waals surface area contributed by atoms with Crippen molar-refractivity contribution in [3.63, 3.8) is 0 Å². The molecule has 1 atom stereocenters. The zero-order chi connectivity index (χ0) is 16.4. The second-order valence-electron chi connectivity index (χ2n) is 6.53. The fourth-order valence-corrected chi connectivity index (χ4v) is 3.08. The van der Waals surface area contributed by atoms with E-state index in [1.54, 1.807) is 0 Å². The number of rotatable bonds is 4. The molecule has 1 aromatic heterocycles. The van der Waals surface area contributed by atoms with Crippen LogP contribution in [0.5, 0.6) is 0 Å². The maximum Gasteiger partial charge on any atom is 0.230 e. The van der Waals surface area contributed by atoms with E-state index in [4.69, 9.17) is 0 Å². The molecular weight excluding hydrogens is 292 g/mol. The lowest BCUT2D eigenvalue weighted by molar-refractivity contribution is -0.135. The number of likely N-dealkylation sites (tertiary alicyclic amines) is 1. The van der Waals surface area contributed by atoms with Gasteiger partial charge < -0.3 is 10.2 Å². The molecule has 1 aliphatic carbocycles. The largest absolute Gasteiger partial charge is 0.342 e. The Kier molecular flexibility index (Phi) is 4.59. The first-order valence-electron chi connectivity index (χ1n) is 8.51. The highest BCUT2D eigenvalue weighted by Crippen LogP contribution is 2.32. The molecule has 6 nitrogen and oxygen atoms in total. The lowest BCUT2D eigenvalue weighted by atomic mass is 9.96. The van der Waals surface area contributed by atoms with Crippen molar-refractivity contribution < 1.29 is 9.59 Å². The van der Waals surface area contributed by atoms with Crippen LogP contribution in [-0.2, 0) is 16.0 Å². The summed E-state index contributed by atoms with van der Waals surface area (Å²) in [5, 5.41) is 2.90. The van der Waals surface area contributed by atoms with Gasteiger partial charge in [-0.15, -0.1) is 0 Å². The lowest BCUT2D eigenvalue weighted by Gasteiger charge is -2.32. The van der Waals surface area contributed by atoms with E-state index in [0.29, 0.717) is 18.2 Å². The summed E-state index contributed by atoms with van der Waals surface area (Å²) in [5.74, 6) is 1.48. The van der Waals surface area contributed by atoms with Crippen LogP contribution in [0, 0.1) is 18.8 Å². The standard InChI is InChI=1S/C17H24N4O2/c1-3-14-9-15(19-11(2)18-14)20-16(22)13-5-4-8-21(10-13)17(23)12-6-7-12/h9,12-13H,3-8,10H2,1-2H3,(H,18,19,20,22)/t13-/m0/s1. The second-order valence-corrected chi connectivity index (χ2v) is 6.53. The molecule has 0 spiro atoms. The first-order valence-corrected chi connectivity index (χ1v) is 8.51. The van der Waals surface area contributed by atoms with Crippen LogP contribution >= 0.6 is 0 Å². The second kappa shape index (κ2) is 6.64. The fourth-order valence-electron chi connectivity index (χ4n) is 3.08. The minimum absolute atomic E-state index is 0.0431. The van der Waals surface area contributed by atoms with Crippen LogP contribution in [0.1, 0.15) is 44.1 Å². The molecular formula is C17H24N4O2. The summed E-state index contributed by atoms with van der Waals surface area (Å²) in [6.45, 7) is 5.17. The van der Waals surface area contributed by atoms with Gasteiger partial charge in [0.25, 0.3) is 0 Å². The Bertz CT molecular complexity index is 613. The Morgan fingerprint density at radius 1 is 1.26 bits per heavy atom. The average molecular weight is 316 g/mol. The van der Waals surface area contributed by atoms with Gasteiger partial charge in [0.2, 0.25) is 11.8 Å². The molecule has 2 fully saturated rings. The van der Waals surface area contributed by atoms with Crippen LogP contribution in [0.15, 0.2) is 6.07 Å². The van der Waals surface area contributed by atoms with Gasteiger partial charge in [0, 0.05) is 30.8 Å². The Balaban J connectivity index is 1.63. The molecule has 0 unspecified atom stereocenters. The Hall–Kier alpha value is -1.98. The molecule has 2 aliphatic rings. The summed E-state index contributed by atoms with van der Waals surface area (Å²) in [4.78, 5) is 35.2. The van der Waals surface area contributed by atoms with E-state index in [2.05, 4.69) is 15.3 Å². The van der Waals surface area contributed by atoms with E-state index < -0.39 is 0 Å². The number of carbonyl (C=O) groups excluding carboxylic acids is 2. The van der Waals surface area contributed by atoms with Crippen molar-refractivity contribution in [1.29, 1.82) is 0 Å². The van der Waals surface area contributed by atoms with Gasteiger partial charge in [-0.3, -0.25) is 9.59 Å². The molecule has 6 heteroatoms. The third kappa shape index (κ3) is 3.86. The molecule has 0 bridgehead atoms. The van der Waals surface area contributed by atoms with E-state index in [-0.39, 0.29) is 23.7 Å². The van der Waals surface area contributed by atoms with E-state index in [1.165, 1.54) is 0 Å². The van der Waals surface area contributed by atoms with Gasteiger partial charge in [-0.05, 0) is 39.0 Å². The lowest BCUT2D eigenvalue weighted by Crippen LogP contribution is -2.44. The topological polar surface area (TPSA) is 75.2 Å². The molecule has 0 aromatic carbocycles. The molecule has 1 aliphatic heterocycles. The van der Waals surface area contributed by atoms with Crippen molar-refractivity contribution in [3.8, 4) is 0 Å². The SMILES string of the molecule is CCc1cc(NC(=O)[C@H]2CCCN(C(=O)C3CC3)C2)nc(C)n1. The normalized spacial score (nSPS) is 21.1. The predicted octanol–water partition coefficient (Wildman–Crippen LogP) is 1.93. The van der Waals surface area contributed by atoms with Crippen LogP contribution in [0.25, 0.3) is 0 Å². The van der Waals surface area contributed by atoms with Gasteiger partial charge in [-0.1, -0.05) is 6.92 Å². The van der Waals surface area contributed by atoms with Gasteiger partial charge in [-0.25, -0.2) is 9.97 Å². The minimum Gasteiger partial charge on any atom is -0.342 e. The maximum absolute atomic E-state index is 12.5. The Morgan fingerprint density at radius 3 is 2.74 bits per heavy atom. The number of hydrogen-bond donors (Lipinski definition) is 1. The van der Waals surface area contributed by atoms with Crippen LogP contribution < -0.4 is 5.32 Å². The third-order valence-electron chi connectivity index (χ3n) is 4.53. The maximum atomic E-state index is 12.5. The molecule has 1 N–H and O–H groups in total. The highest BCUT2D eigenvalue weighted by molar-refractivity contribution is 5.92. The zero-order valence-electron chi connectivity index (χ0n) is 13.8. The van der Waals surface area contributed by atoms with Gasteiger partial charge in [0.1, 0.15) is 11.6 Å². The van der Waals surface area contributed by atoms with Gasteiger partial charge in [-0.2, -0.15) is 0 Å². The summed E-state index contributed by atoms with van der Waals surface area (Å²) < 4.78 is 0. The van der Waals surface area contributed by atoms with Crippen molar-refractivity contribution in [2.24, 2.45) is 11.8 Å². The molecule has 124 valence electrons. The summed E-state index contributed by atoms with van der Waals surface area (Å²) in [7, 11) is 0. The van der Waals surface area contributed by atoms with Crippen LogP contribution in [0.4, 0.5) is 5.82 Å². The molecule has 2 heterocycles. The number of nitrogens with zero attached hydrogens (tertiary/aromatic N) is 3. The number of amides is 2.